The van der Waals surface area contributed by atoms with Crippen LogP contribution in [0.4, 0.5) is 5.82 Å². The Morgan fingerprint density at radius 3 is 2.15 bits per heavy atom. The first-order chi connectivity index (χ1) is 6.18. The molecule has 0 aliphatic rings. The van der Waals surface area contributed by atoms with Gasteiger partial charge in [0.05, 0.1) is 0 Å². The van der Waals surface area contributed by atoms with Crippen LogP contribution in [0.15, 0.2) is 24.3 Å². The molecular formula is C10H13N3. The van der Waals surface area contributed by atoms with Crippen LogP contribution in [0.3, 0.4) is 0 Å². The molecule has 0 radical (unpaired) electrons. The molecule has 13 heavy (non-hydrogen) atoms. The molecule has 0 aromatic carbocycles. The van der Waals surface area contributed by atoms with Gasteiger partial charge in [-0.2, -0.15) is 0 Å². The van der Waals surface area contributed by atoms with Crippen molar-refractivity contribution in [2.24, 2.45) is 0 Å². The first-order valence-electron chi connectivity index (χ1n) is 4.28. The van der Waals surface area contributed by atoms with Gasteiger partial charge in [0.1, 0.15) is 11.6 Å². The van der Waals surface area contributed by atoms with E-state index in [9.17, 15) is 0 Å². The number of aryl methyl sites for hydroxylation is 2. The molecule has 3 N–H and O–H groups in total. The number of anilines is 1. The highest BCUT2D eigenvalue weighted by Crippen LogP contribution is 2.15. The molecule has 0 amide bonds. The Hall–Kier alpha value is -1.64. The van der Waals surface area contributed by atoms with E-state index in [1.165, 1.54) is 11.4 Å². The van der Waals surface area contributed by atoms with Crippen molar-refractivity contribution in [3.05, 3.63) is 35.7 Å². The van der Waals surface area contributed by atoms with E-state index in [1.54, 1.807) is 0 Å². The number of aromatic nitrogens is 2. The summed E-state index contributed by atoms with van der Waals surface area (Å²) in [5.41, 5.74) is 8.03. The maximum Gasteiger partial charge on any atom is 0.116 e. The minimum Gasteiger partial charge on any atom is -0.385 e. The van der Waals surface area contributed by atoms with Crippen LogP contribution in [0.1, 0.15) is 11.4 Å². The van der Waals surface area contributed by atoms with Gasteiger partial charge in [-0.05, 0) is 38.1 Å². The molecule has 0 saturated heterocycles. The van der Waals surface area contributed by atoms with Crippen LogP contribution in [0.5, 0.6) is 0 Å². The molecule has 0 aliphatic heterocycles. The second-order valence-corrected chi connectivity index (χ2v) is 3.25. The van der Waals surface area contributed by atoms with Gasteiger partial charge in [0.2, 0.25) is 0 Å². The fourth-order valence-electron chi connectivity index (χ4n) is 1.58. The maximum absolute atomic E-state index is 5.62. The normalized spacial score (nSPS) is 10.6. The lowest BCUT2D eigenvalue weighted by molar-refractivity contribution is 0.935. The summed E-state index contributed by atoms with van der Waals surface area (Å²) < 4.78 is 2.14. The number of aromatic amines is 1. The molecule has 0 aliphatic carbocycles. The molecule has 3 nitrogen and oxygen atoms in total. The average Bonchev–Trinajstić information content (AvgIpc) is 2.60. The zero-order valence-electron chi connectivity index (χ0n) is 7.83. The number of rotatable bonds is 1. The van der Waals surface area contributed by atoms with E-state index in [0.29, 0.717) is 5.82 Å². The number of nitrogen functional groups attached to an aromatic ring is 1. The number of H-pyrrole nitrogens is 1. The summed E-state index contributed by atoms with van der Waals surface area (Å²) in [4.78, 5) is 3.10. The van der Waals surface area contributed by atoms with E-state index < -0.39 is 0 Å². The van der Waals surface area contributed by atoms with E-state index in [4.69, 9.17) is 5.73 Å². The molecule has 0 unspecified atom stereocenters. The van der Waals surface area contributed by atoms with E-state index in [-0.39, 0.29) is 0 Å². The Bertz CT molecular complexity index is 404. The predicted octanol–water partition coefficient (Wildman–Crippen LogP) is 2.00. The second kappa shape index (κ2) is 2.69. The van der Waals surface area contributed by atoms with Gasteiger partial charge >= 0.3 is 0 Å². The fraction of sp³-hybridized carbons (Fsp3) is 0.200. The SMILES string of the molecule is Cc1ccc(C)n1-c1ccc(N)[nH]1. The van der Waals surface area contributed by atoms with Gasteiger partial charge in [0, 0.05) is 11.4 Å². The van der Waals surface area contributed by atoms with Gasteiger partial charge in [-0.15, -0.1) is 0 Å². The average molecular weight is 175 g/mol. The standard InChI is InChI=1S/C10H13N3/c1-7-3-4-8(2)13(7)10-6-5-9(11)12-10/h3-6,12H,11H2,1-2H3. The van der Waals surface area contributed by atoms with Crippen LogP contribution in [0, 0.1) is 13.8 Å². The van der Waals surface area contributed by atoms with Gasteiger partial charge in [-0.25, -0.2) is 0 Å². The third kappa shape index (κ3) is 1.22. The van der Waals surface area contributed by atoms with Crippen LogP contribution in [0.25, 0.3) is 5.82 Å². The Labute approximate surface area is 77.2 Å². The summed E-state index contributed by atoms with van der Waals surface area (Å²) in [6.07, 6.45) is 0. The molecular weight excluding hydrogens is 162 g/mol. The van der Waals surface area contributed by atoms with Crippen LogP contribution in [-0.4, -0.2) is 9.55 Å². The van der Waals surface area contributed by atoms with Gasteiger partial charge in [-0.1, -0.05) is 0 Å². The number of nitrogens with one attached hydrogen (secondary N) is 1. The molecule has 0 saturated carbocycles. The second-order valence-electron chi connectivity index (χ2n) is 3.25. The van der Waals surface area contributed by atoms with Gasteiger partial charge < -0.3 is 15.3 Å². The third-order valence-corrected chi connectivity index (χ3v) is 2.21. The molecule has 2 aromatic heterocycles. The fourth-order valence-corrected chi connectivity index (χ4v) is 1.58. The number of nitrogens with two attached hydrogens (primary N) is 1. The number of hydrogen-bond donors (Lipinski definition) is 2. The van der Waals surface area contributed by atoms with Crippen LogP contribution < -0.4 is 5.73 Å². The van der Waals surface area contributed by atoms with Crippen molar-refractivity contribution in [2.45, 2.75) is 13.8 Å². The summed E-state index contributed by atoms with van der Waals surface area (Å²) in [7, 11) is 0. The topological polar surface area (TPSA) is 46.7 Å². The third-order valence-electron chi connectivity index (χ3n) is 2.21. The zero-order chi connectivity index (χ0) is 9.42. The Kier molecular flexibility index (Phi) is 1.65. The van der Waals surface area contributed by atoms with E-state index in [1.807, 2.05) is 12.1 Å². The molecule has 68 valence electrons. The van der Waals surface area contributed by atoms with Crippen molar-refractivity contribution in [3.63, 3.8) is 0 Å². The Balaban J connectivity index is 2.57. The van der Waals surface area contributed by atoms with Crippen LogP contribution >= 0.6 is 0 Å². The van der Waals surface area contributed by atoms with Crippen molar-refractivity contribution in [1.82, 2.24) is 9.55 Å². The van der Waals surface area contributed by atoms with Crippen molar-refractivity contribution in [3.8, 4) is 5.82 Å². The smallest absolute Gasteiger partial charge is 0.116 e. The minimum absolute atomic E-state index is 0.697. The monoisotopic (exact) mass is 175 g/mol. The van der Waals surface area contributed by atoms with Gasteiger partial charge in [0.15, 0.2) is 0 Å². The largest absolute Gasteiger partial charge is 0.385 e. The highest BCUT2D eigenvalue weighted by atomic mass is 15.1. The van der Waals surface area contributed by atoms with Crippen molar-refractivity contribution >= 4 is 5.82 Å². The van der Waals surface area contributed by atoms with Crippen LogP contribution in [0.2, 0.25) is 0 Å². The molecule has 0 fully saturated rings. The number of hydrogen-bond acceptors (Lipinski definition) is 1. The van der Waals surface area contributed by atoms with E-state index in [0.717, 1.165) is 5.82 Å². The molecule has 0 atom stereocenters. The minimum atomic E-state index is 0.697. The molecule has 0 spiro atoms. The molecule has 0 bridgehead atoms. The maximum atomic E-state index is 5.62. The van der Waals surface area contributed by atoms with Crippen molar-refractivity contribution in [2.75, 3.05) is 5.73 Å². The number of nitrogens with zero attached hydrogens (tertiary/aromatic N) is 1. The Morgan fingerprint density at radius 2 is 1.69 bits per heavy atom. The molecule has 2 heterocycles. The van der Waals surface area contributed by atoms with E-state index >= 15 is 0 Å². The van der Waals surface area contributed by atoms with E-state index in [2.05, 4.69) is 35.5 Å². The highest BCUT2D eigenvalue weighted by molar-refractivity contribution is 5.41. The summed E-state index contributed by atoms with van der Waals surface area (Å²) in [5.74, 6) is 1.72. The quantitative estimate of drug-likeness (QED) is 0.684. The summed E-state index contributed by atoms with van der Waals surface area (Å²) >= 11 is 0. The zero-order valence-corrected chi connectivity index (χ0v) is 7.83. The summed E-state index contributed by atoms with van der Waals surface area (Å²) in [6.45, 7) is 4.15. The lowest BCUT2D eigenvalue weighted by Gasteiger charge is -2.05. The first kappa shape index (κ1) is 7.98. The molecule has 2 rings (SSSR count). The Morgan fingerprint density at radius 1 is 1.08 bits per heavy atom. The van der Waals surface area contributed by atoms with Crippen molar-refractivity contribution in [1.29, 1.82) is 0 Å². The lowest BCUT2D eigenvalue weighted by atomic mass is 10.5. The molecule has 3 heteroatoms. The predicted molar refractivity (Wildman–Crippen MR) is 54.0 cm³/mol. The highest BCUT2D eigenvalue weighted by Gasteiger charge is 2.04. The lowest BCUT2D eigenvalue weighted by Crippen LogP contribution is -1.99. The summed E-state index contributed by atoms with van der Waals surface area (Å²) in [5, 5.41) is 0. The van der Waals surface area contributed by atoms with Gasteiger partial charge in [-0.3, -0.25) is 0 Å². The van der Waals surface area contributed by atoms with Gasteiger partial charge in [0.25, 0.3) is 0 Å². The summed E-state index contributed by atoms with van der Waals surface area (Å²) in [6, 6.07) is 8.03. The van der Waals surface area contributed by atoms with Crippen LogP contribution in [-0.2, 0) is 0 Å². The van der Waals surface area contributed by atoms with Crippen molar-refractivity contribution < 1.29 is 0 Å². The first-order valence-corrected chi connectivity index (χ1v) is 4.28. The molecule has 2 aromatic rings.